The van der Waals surface area contributed by atoms with Gasteiger partial charge in [-0.3, -0.25) is 4.79 Å². The van der Waals surface area contributed by atoms with Gasteiger partial charge < -0.3 is 9.47 Å². The first-order valence-electron chi connectivity index (χ1n) is 10.9. The molecule has 4 aromatic rings. The van der Waals surface area contributed by atoms with Crippen LogP contribution in [-0.4, -0.2) is 23.0 Å². The van der Waals surface area contributed by atoms with Crippen LogP contribution in [0.15, 0.2) is 73.4 Å². The van der Waals surface area contributed by atoms with Gasteiger partial charge in [-0.05, 0) is 70.4 Å². The highest BCUT2D eigenvalue weighted by atomic mass is 79.9. The molecule has 0 saturated carbocycles. The Morgan fingerprint density at radius 1 is 1.09 bits per heavy atom. The van der Waals surface area contributed by atoms with Crippen molar-refractivity contribution in [3.63, 3.8) is 0 Å². The fourth-order valence-electron chi connectivity index (χ4n) is 3.48. The van der Waals surface area contributed by atoms with Gasteiger partial charge in [-0.1, -0.05) is 35.0 Å². The molecule has 0 bridgehead atoms. The SMILES string of the molecule is CCCc1nc2ccc(Br)cc2c(=O)n1N=Cc1cc(OC)c(OCc2ccc(F)cc2)cc1Br. The van der Waals surface area contributed by atoms with Crippen molar-refractivity contribution in [1.82, 2.24) is 9.66 Å². The van der Waals surface area contributed by atoms with Gasteiger partial charge in [0.05, 0.1) is 24.2 Å². The Morgan fingerprint density at radius 3 is 2.57 bits per heavy atom. The van der Waals surface area contributed by atoms with Crippen molar-refractivity contribution in [2.75, 3.05) is 7.11 Å². The van der Waals surface area contributed by atoms with Crippen LogP contribution in [0.3, 0.4) is 0 Å². The van der Waals surface area contributed by atoms with E-state index in [9.17, 15) is 9.18 Å². The number of rotatable bonds is 8. The van der Waals surface area contributed by atoms with Crippen LogP contribution < -0.4 is 15.0 Å². The minimum Gasteiger partial charge on any atom is -0.493 e. The first-order chi connectivity index (χ1) is 16.9. The highest BCUT2D eigenvalue weighted by Gasteiger charge is 2.13. The summed E-state index contributed by atoms with van der Waals surface area (Å²) in [5.41, 5.74) is 1.92. The Kier molecular flexibility index (Phi) is 7.97. The fourth-order valence-corrected chi connectivity index (χ4v) is 4.27. The Labute approximate surface area is 218 Å². The quantitative estimate of drug-likeness (QED) is 0.216. The summed E-state index contributed by atoms with van der Waals surface area (Å²) < 4.78 is 27.4. The molecule has 4 rings (SSSR count). The predicted molar refractivity (Wildman–Crippen MR) is 142 cm³/mol. The van der Waals surface area contributed by atoms with Crippen molar-refractivity contribution >= 4 is 49.0 Å². The molecule has 35 heavy (non-hydrogen) atoms. The van der Waals surface area contributed by atoms with Crippen LogP contribution in [0.2, 0.25) is 0 Å². The van der Waals surface area contributed by atoms with Crippen molar-refractivity contribution in [3.8, 4) is 11.5 Å². The van der Waals surface area contributed by atoms with Crippen molar-refractivity contribution in [2.45, 2.75) is 26.4 Å². The van der Waals surface area contributed by atoms with E-state index >= 15 is 0 Å². The number of aromatic nitrogens is 2. The topological polar surface area (TPSA) is 65.7 Å². The van der Waals surface area contributed by atoms with E-state index in [0.717, 1.165) is 16.5 Å². The molecule has 0 saturated heterocycles. The summed E-state index contributed by atoms with van der Waals surface area (Å²) in [6.45, 7) is 2.28. The second-order valence-corrected chi connectivity index (χ2v) is 9.51. The predicted octanol–water partition coefficient (Wildman–Crippen LogP) is 6.48. The van der Waals surface area contributed by atoms with E-state index in [2.05, 4.69) is 41.9 Å². The maximum atomic E-state index is 13.2. The zero-order valence-electron chi connectivity index (χ0n) is 19.1. The molecule has 1 heterocycles. The van der Waals surface area contributed by atoms with Crippen LogP contribution in [0, 0.1) is 5.82 Å². The van der Waals surface area contributed by atoms with E-state index < -0.39 is 0 Å². The average molecular weight is 603 g/mol. The maximum absolute atomic E-state index is 13.2. The third kappa shape index (κ3) is 5.79. The number of hydrogen-bond donors (Lipinski definition) is 0. The Bertz CT molecular complexity index is 1450. The molecular weight excluding hydrogens is 581 g/mol. The highest BCUT2D eigenvalue weighted by Crippen LogP contribution is 2.33. The van der Waals surface area contributed by atoms with E-state index in [1.54, 1.807) is 43.7 Å². The average Bonchev–Trinajstić information content (AvgIpc) is 2.85. The summed E-state index contributed by atoms with van der Waals surface area (Å²) in [4.78, 5) is 17.9. The molecule has 180 valence electrons. The van der Waals surface area contributed by atoms with Crippen LogP contribution in [-0.2, 0) is 13.0 Å². The van der Waals surface area contributed by atoms with Gasteiger partial charge in [-0.2, -0.15) is 9.78 Å². The Hall–Kier alpha value is -3.04. The molecule has 0 aliphatic rings. The molecule has 0 unspecified atom stereocenters. The van der Waals surface area contributed by atoms with Gasteiger partial charge in [0.1, 0.15) is 18.2 Å². The van der Waals surface area contributed by atoms with Crippen molar-refractivity contribution in [3.05, 3.63) is 96.7 Å². The van der Waals surface area contributed by atoms with Crippen LogP contribution >= 0.6 is 31.9 Å². The largest absolute Gasteiger partial charge is 0.493 e. The molecule has 0 fully saturated rings. The van der Waals surface area contributed by atoms with Gasteiger partial charge in [0.25, 0.3) is 5.56 Å². The molecule has 0 spiro atoms. The first-order valence-corrected chi connectivity index (χ1v) is 12.5. The minimum atomic E-state index is -0.298. The summed E-state index contributed by atoms with van der Waals surface area (Å²) in [7, 11) is 1.55. The molecule has 9 heteroatoms. The van der Waals surface area contributed by atoms with Gasteiger partial charge in [0.15, 0.2) is 11.5 Å². The van der Waals surface area contributed by atoms with Crippen LogP contribution in [0.1, 0.15) is 30.3 Å². The van der Waals surface area contributed by atoms with E-state index in [0.29, 0.717) is 44.7 Å². The maximum Gasteiger partial charge on any atom is 0.282 e. The highest BCUT2D eigenvalue weighted by molar-refractivity contribution is 9.10. The zero-order valence-corrected chi connectivity index (χ0v) is 22.3. The number of nitrogens with zero attached hydrogens (tertiary/aromatic N) is 3. The van der Waals surface area contributed by atoms with E-state index in [-0.39, 0.29) is 18.0 Å². The molecule has 0 aliphatic heterocycles. The summed E-state index contributed by atoms with van der Waals surface area (Å²) >= 11 is 6.97. The number of benzene rings is 3. The lowest BCUT2D eigenvalue weighted by Gasteiger charge is -2.13. The molecule has 0 radical (unpaired) electrons. The zero-order chi connectivity index (χ0) is 24.9. The van der Waals surface area contributed by atoms with Gasteiger partial charge in [-0.15, -0.1) is 0 Å². The third-order valence-electron chi connectivity index (χ3n) is 5.25. The summed E-state index contributed by atoms with van der Waals surface area (Å²) in [5.74, 6) is 1.31. The summed E-state index contributed by atoms with van der Waals surface area (Å²) in [6, 6.07) is 15.1. The number of ether oxygens (including phenoxy) is 2. The Balaban J connectivity index is 1.67. The van der Waals surface area contributed by atoms with Crippen molar-refractivity contribution in [1.29, 1.82) is 0 Å². The summed E-state index contributed by atoms with van der Waals surface area (Å²) in [5, 5.41) is 4.97. The smallest absolute Gasteiger partial charge is 0.282 e. The first kappa shape index (κ1) is 25.1. The molecule has 3 aromatic carbocycles. The van der Waals surface area contributed by atoms with Crippen molar-refractivity contribution in [2.24, 2.45) is 5.10 Å². The molecule has 1 aromatic heterocycles. The number of aryl methyl sites for hydroxylation is 1. The van der Waals surface area contributed by atoms with E-state index in [1.165, 1.54) is 16.8 Å². The van der Waals surface area contributed by atoms with Gasteiger partial charge in [0, 0.05) is 20.9 Å². The second-order valence-electron chi connectivity index (χ2n) is 7.74. The number of fused-ring (bicyclic) bond motifs is 1. The van der Waals surface area contributed by atoms with Gasteiger partial charge in [0.2, 0.25) is 0 Å². The lowest BCUT2D eigenvalue weighted by atomic mass is 10.2. The monoisotopic (exact) mass is 601 g/mol. The lowest BCUT2D eigenvalue weighted by molar-refractivity contribution is 0.284. The van der Waals surface area contributed by atoms with Gasteiger partial charge >= 0.3 is 0 Å². The van der Waals surface area contributed by atoms with E-state index in [4.69, 9.17) is 9.47 Å². The van der Waals surface area contributed by atoms with Crippen LogP contribution in [0.4, 0.5) is 4.39 Å². The number of methoxy groups -OCH3 is 1. The van der Waals surface area contributed by atoms with Crippen LogP contribution in [0.25, 0.3) is 10.9 Å². The fraction of sp³-hybridized carbons (Fsp3) is 0.192. The molecule has 0 atom stereocenters. The molecule has 0 aliphatic carbocycles. The number of hydrogen-bond acceptors (Lipinski definition) is 5. The van der Waals surface area contributed by atoms with Gasteiger partial charge in [-0.25, -0.2) is 9.37 Å². The molecule has 6 nitrogen and oxygen atoms in total. The molecule has 0 N–H and O–H groups in total. The summed E-state index contributed by atoms with van der Waals surface area (Å²) in [6.07, 6.45) is 3.02. The molecular formula is C26H22Br2FN3O3. The van der Waals surface area contributed by atoms with Crippen molar-refractivity contribution < 1.29 is 13.9 Å². The Morgan fingerprint density at radius 2 is 1.86 bits per heavy atom. The molecule has 0 amide bonds. The normalized spacial score (nSPS) is 11.3. The standard InChI is InChI=1S/C26H22Br2FN3O3/c1-3-4-25-31-22-10-7-18(27)12-20(22)26(33)32(25)30-14-17-11-23(34-2)24(13-21(17)28)35-15-16-5-8-19(29)9-6-16/h5-14H,3-4,15H2,1-2H3. The third-order valence-corrected chi connectivity index (χ3v) is 6.43. The second kappa shape index (κ2) is 11.1. The lowest BCUT2D eigenvalue weighted by Crippen LogP contribution is -2.22. The van der Waals surface area contributed by atoms with E-state index in [1.807, 2.05) is 19.1 Å². The number of halogens is 3. The minimum absolute atomic E-state index is 0.238. The van der Waals surface area contributed by atoms with Crippen LogP contribution in [0.5, 0.6) is 11.5 Å².